The van der Waals surface area contributed by atoms with Gasteiger partial charge in [-0.1, -0.05) is 32.6 Å². The molecule has 96 valence electrons. The maximum atomic E-state index is 3.39. The summed E-state index contributed by atoms with van der Waals surface area (Å²) in [6, 6.07) is 0. The highest BCUT2D eigenvalue weighted by Crippen LogP contribution is 2.11. The van der Waals surface area contributed by atoms with Crippen molar-refractivity contribution in [2.24, 2.45) is 0 Å². The van der Waals surface area contributed by atoms with Gasteiger partial charge in [0.15, 0.2) is 0 Å². The number of hydrogen-bond donors (Lipinski definition) is 1. The first-order chi connectivity index (χ1) is 7.93. The fourth-order valence-electron chi connectivity index (χ4n) is 2.48. The Morgan fingerprint density at radius 1 is 0.875 bits per heavy atom. The highest BCUT2D eigenvalue weighted by Gasteiger charge is 2.06. The number of nitrogens with zero attached hydrogens (tertiary/aromatic N) is 1. The van der Waals surface area contributed by atoms with Crippen molar-refractivity contribution in [1.82, 2.24) is 10.2 Å². The van der Waals surface area contributed by atoms with E-state index in [1.165, 1.54) is 77.5 Å². The van der Waals surface area contributed by atoms with E-state index in [0.717, 1.165) is 6.54 Å². The zero-order valence-corrected chi connectivity index (χ0v) is 11.1. The average molecular weight is 226 g/mol. The molecule has 0 bridgehead atoms. The minimum absolute atomic E-state index is 1.12. The Morgan fingerprint density at radius 2 is 1.56 bits per heavy atom. The van der Waals surface area contributed by atoms with Crippen LogP contribution < -0.4 is 5.32 Å². The molecule has 0 aromatic rings. The summed E-state index contributed by atoms with van der Waals surface area (Å²) in [5.74, 6) is 0. The summed E-state index contributed by atoms with van der Waals surface area (Å²) < 4.78 is 0. The third-order valence-electron chi connectivity index (χ3n) is 3.53. The summed E-state index contributed by atoms with van der Waals surface area (Å²) in [6.45, 7) is 8.55. The molecule has 1 fully saturated rings. The van der Waals surface area contributed by atoms with Gasteiger partial charge in [-0.3, -0.25) is 0 Å². The fraction of sp³-hybridized carbons (Fsp3) is 1.00. The van der Waals surface area contributed by atoms with Crippen LogP contribution >= 0.6 is 0 Å². The van der Waals surface area contributed by atoms with Gasteiger partial charge in [0.1, 0.15) is 0 Å². The first-order valence-electron chi connectivity index (χ1n) is 7.36. The lowest BCUT2D eigenvalue weighted by Gasteiger charge is -2.24. The van der Waals surface area contributed by atoms with Crippen molar-refractivity contribution in [3.05, 3.63) is 0 Å². The first kappa shape index (κ1) is 14.0. The topological polar surface area (TPSA) is 15.3 Å². The lowest BCUT2D eigenvalue weighted by molar-refractivity contribution is 0.242. The molecular weight excluding hydrogens is 196 g/mol. The SMILES string of the molecule is CCNCCCCCN1CCCCCCC1. The second kappa shape index (κ2) is 10.1. The van der Waals surface area contributed by atoms with Crippen molar-refractivity contribution in [1.29, 1.82) is 0 Å². The van der Waals surface area contributed by atoms with Crippen LogP contribution in [-0.2, 0) is 0 Å². The van der Waals surface area contributed by atoms with Crippen LogP contribution in [-0.4, -0.2) is 37.6 Å². The molecule has 1 rings (SSSR count). The van der Waals surface area contributed by atoms with Gasteiger partial charge in [0.2, 0.25) is 0 Å². The van der Waals surface area contributed by atoms with Crippen LogP contribution in [0.5, 0.6) is 0 Å². The Bertz CT molecular complexity index is 140. The van der Waals surface area contributed by atoms with E-state index in [9.17, 15) is 0 Å². The van der Waals surface area contributed by atoms with E-state index in [-0.39, 0.29) is 0 Å². The van der Waals surface area contributed by atoms with Gasteiger partial charge in [-0.05, 0) is 58.4 Å². The minimum atomic E-state index is 1.12. The van der Waals surface area contributed by atoms with E-state index >= 15 is 0 Å². The number of unbranched alkanes of at least 4 members (excludes halogenated alkanes) is 2. The van der Waals surface area contributed by atoms with Crippen LogP contribution in [0.1, 0.15) is 58.3 Å². The second-order valence-corrected chi connectivity index (χ2v) is 5.02. The molecule has 2 heteroatoms. The van der Waals surface area contributed by atoms with Crippen molar-refractivity contribution in [3.8, 4) is 0 Å². The molecule has 0 radical (unpaired) electrons. The van der Waals surface area contributed by atoms with Gasteiger partial charge in [-0.2, -0.15) is 0 Å². The highest BCUT2D eigenvalue weighted by atomic mass is 15.1. The summed E-state index contributed by atoms with van der Waals surface area (Å²) in [4.78, 5) is 2.69. The van der Waals surface area contributed by atoms with Crippen LogP contribution in [0.2, 0.25) is 0 Å². The monoisotopic (exact) mass is 226 g/mol. The third kappa shape index (κ3) is 7.24. The average Bonchev–Trinajstić information content (AvgIpc) is 2.25. The molecule has 0 aromatic carbocycles. The van der Waals surface area contributed by atoms with Crippen molar-refractivity contribution >= 4 is 0 Å². The summed E-state index contributed by atoms with van der Waals surface area (Å²) in [7, 11) is 0. The molecule has 0 amide bonds. The Hall–Kier alpha value is -0.0800. The smallest absolute Gasteiger partial charge is 0.00187 e. The molecule has 1 N–H and O–H groups in total. The Kier molecular flexibility index (Phi) is 8.83. The number of rotatable bonds is 7. The van der Waals surface area contributed by atoms with Gasteiger partial charge in [0, 0.05) is 0 Å². The molecule has 0 aromatic heterocycles. The molecule has 0 atom stereocenters. The molecule has 0 saturated carbocycles. The Balaban J connectivity index is 1.93. The molecule has 1 aliphatic rings. The van der Waals surface area contributed by atoms with Gasteiger partial charge < -0.3 is 10.2 Å². The lowest BCUT2D eigenvalue weighted by atomic mass is 10.1. The van der Waals surface area contributed by atoms with Crippen LogP contribution in [0, 0.1) is 0 Å². The van der Waals surface area contributed by atoms with E-state index in [2.05, 4.69) is 17.1 Å². The molecule has 1 saturated heterocycles. The molecule has 16 heavy (non-hydrogen) atoms. The molecular formula is C14H30N2. The van der Waals surface area contributed by atoms with Gasteiger partial charge in [-0.25, -0.2) is 0 Å². The summed E-state index contributed by atoms with van der Waals surface area (Å²) in [5.41, 5.74) is 0. The van der Waals surface area contributed by atoms with E-state index in [1.54, 1.807) is 0 Å². The van der Waals surface area contributed by atoms with Crippen molar-refractivity contribution in [3.63, 3.8) is 0 Å². The molecule has 0 unspecified atom stereocenters. The summed E-state index contributed by atoms with van der Waals surface area (Å²) in [6.07, 6.45) is 11.4. The van der Waals surface area contributed by atoms with Crippen LogP contribution in [0.15, 0.2) is 0 Å². The maximum absolute atomic E-state index is 3.39. The van der Waals surface area contributed by atoms with E-state index in [1.807, 2.05) is 0 Å². The predicted molar refractivity (Wildman–Crippen MR) is 71.9 cm³/mol. The molecule has 0 spiro atoms. The van der Waals surface area contributed by atoms with Gasteiger partial charge in [0.25, 0.3) is 0 Å². The van der Waals surface area contributed by atoms with E-state index in [4.69, 9.17) is 0 Å². The normalized spacial score (nSPS) is 19.3. The van der Waals surface area contributed by atoms with E-state index < -0.39 is 0 Å². The van der Waals surface area contributed by atoms with Gasteiger partial charge >= 0.3 is 0 Å². The second-order valence-electron chi connectivity index (χ2n) is 5.02. The quantitative estimate of drug-likeness (QED) is 0.671. The van der Waals surface area contributed by atoms with Gasteiger partial charge in [0.05, 0.1) is 0 Å². The summed E-state index contributed by atoms with van der Waals surface area (Å²) >= 11 is 0. The molecule has 0 aliphatic carbocycles. The zero-order chi connectivity index (χ0) is 11.5. The van der Waals surface area contributed by atoms with Crippen molar-refractivity contribution in [2.75, 3.05) is 32.7 Å². The predicted octanol–water partition coefficient (Wildman–Crippen LogP) is 3.03. The number of hydrogen-bond acceptors (Lipinski definition) is 2. The first-order valence-corrected chi connectivity index (χ1v) is 7.36. The molecule has 1 aliphatic heterocycles. The fourth-order valence-corrected chi connectivity index (χ4v) is 2.48. The third-order valence-corrected chi connectivity index (χ3v) is 3.53. The standard InChI is InChI=1S/C14H30N2/c1-2-15-11-7-6-10-14-16-12-8-4-3-5-9-13-16/h15H,2-14H2,1H3. The summed E-state index contributed by atoms with van der Waals surface area (Å²) in [5, 5.41) is 3.39. The molecule has 2 nitrogen and oxygen atoms in total. The maximum Gasteiger partial charge on any atom is -0.00187 e. The number of likely N-dealkylation sites (tertiary alicyclic amines) is 1. The van der Waals surface area contributed by atoms with Crippen molar-refractivity contribution < 1.29 is 0 Å². The van der Waals surface area contributed by atoms with Crippen LogP contribution in [0.25, 0.3) is 0 Å². The molecule has 1 heterocycles. The number of nitrogens with one attached hydrogen (secondary N) is 1. The van der Waals surface area contributed by atoms with Gasteiger partial charge in [-0.15, -0.1) is 0 Å². The largest absolute Gasteiger partial charge is 0.317 e. The Labute approximate surface area is 102 Å². The minimum Gasteiger partial charge on any atom is -0.317 e. The highest BCUT2D eigenvalue weighted by molar-refractivity contribution is 4.62. The Morgan fingerprint density at radius 3 is 2.25 bits per heavy atom. The zero-order valence-electron chi connectivity index (χ0n) is 11.1. The lowest BCUT2D eigenvalue weighted by Crippen LogP contribution is -2.28. The van der Waals surface area contributed by atoms with Crippen molar-refractivity contribution in [2.45, 2.75) is 58.3 Å². The van der Waals surface area contributed by atoms with E-state index in [0.29, 0.717) is 0 Å². The van der Waals surface area contributed by atoms with Crippen LogP contribution in [0.3, 0.4) is 0 Å². The van der Waals surface area contributed by atoms with Crippen LogP contribution in [0.4, 0.5) is 0 Å².